The van der Waals surface area contributed by atoms with E-state index >= 15 is 0 Å². The highest BCUT2D eigenvalue weighted by atomic mass is 32.2. The molecular weight excluding hydrogens is 246 g/mol. The van der Waals surface area contributed by atoms with Gasteiger partial charge in [-0.1, -0.05) is 0 Å². The van der Waals surface area contributed by atoms with Crippen LogP contribution >= 0.6 is 11.8 Å². The van der Waals surface area contributed by atoms with Crippen molar-refractivity contribution in [3.63, 3.8) is 0 Å². The molecule has 4 nitrogen and oxygen atoms in total. The lowest BCUT2D eigenvalue weighted by Gasteiger charge is -2.35. The lowest BCUT2D eigenvalue weighted by Crippen LogP contribution is -2.49. The molecule has 1 heterocycles. The van der Waals surface area contributed by atoms with Crippen LogP contribution in [0, 0.1) is 0 Å². The number of carbonyl (C=O) groups excluding carboxylic acids is 1. The second-order valence-electron chi connectivity index (χ2n) is 5.29. The number of urea groups is 1. The fourth-order valence-corrected chi connectivity index (χ4v) is 2.89. The van der Waals surface area contributed by atoms with Crippen LogP contribution in [-0.4, -0.2) is 67.1 Å². The normalized spacial score (nSPS) is 18.8. The minimum atomic E-state index is 0.142. The molecule has 2 amide bonds. The van der Waals surface area contributed by atoms with Gasteiger partial charge in [0.1, 0.15) is 0 Å². The highest BCUT2D eigenvalue weighted by Crippen LogP contribution is 2.13. The first-order valence-electron chi connectivity index (χ1n) is 6.75. The molecule has 0 bridgehead atoms. The van der Waals surface area contributed by atoms with Gasteiger partial charge in [0.15, 0.2) is 0 Å². The van der Waals surface area contributed by atoms with E-state index in [9.17, 15) is 4.79 Å². The summed E-state index contributed by atoms with van der Waals surface area (Å²) in [5, 5.41) is 3.68. The van der Waals surface area contributed by atoms with Crippen molar-refractivity contribution in [1.29, 1.82) is 0 Å². The molecule has 1 saturated heterocycles. The molecule has 0 saturated carbocycles. The Kier molecular flexibility index (Phi) is 6.86. The van der Waals surface area contributed by atoms with E-state index in [1.165, 1.54) is 12.2 Å². The number of carbonyl (C=O) groups is 1. The summed E-state index contributed by atoms with van der Waals surface area (Å²) in [5.74, 6) is 1.21. The van der Waals surface area contributed by atoms with Gasteiger partial charge < -0.3 is 15.1 Å². The number of rotatable bonds is 5. The van der Waals surface area contributed by atoms with Gasteiger partial charge in [-0.3, -0.25) is 0 Å². The van der Waals surface area contributed by atoms with Crippen LogP contribution in [0.5, 0.6) is 0 Å². The predicted octanol–water partition coefficient (Wildman–Crippen LogP) is 1.86. The average Bonchev–Trinajstić information content (AvgIpc) is 2.36. The molecule has 0 spiro atoms. The Balaban J connectivity index is 2.25. The van der Waals surface area contributed by atoms with Crippen molar-refractivity contribution < 1.29 is 4.79 Å². The van der Waals surface area contributed by atoms with Gasteiger partial charge in [0.2, 0.25) is 0 Å². The van der Waals surface area contributed by atoms with Crippen LogP contribution in [0.25, 0.3) is 0 Å². The van der Waals surface area contributed by atoms with Crippen molar-refractivity contribution in [2.24, 2.45) is 0 Å². The summed E-state index contributed by atoms with van der Waals surface area (Å²) < 4.78 is 0. The van der Waals surface area contributed by atoms with Crippen molar-refractivity contribution >= 4 is 17.8 Å². The Morgan fingerprint density at radius 2 is 2.06 bits per heavy atom. The smallest absolute Gasteiger partial charge is 0.319 e. The Labute approximate surface area is 115 Å². The number of amides is 2. The van der Waals surface area contributed by atoms with Crippen LogP contribution < -0.4 is 5.32 Å². The van der Waals surface area contributed by atoms with E-state index in [4.69, 9.17) is 0 Å². The lowest BCUT2D eigenvalue weighted by atomic mass is 10.0. The third-order valence-corrected chi connectivity index (χ3v) is 4.07. The Morgan fingerprint density at radius 1 is 1.44 bits per heavy atom. The molecular formula is C13H27N3OS. The summed E-state index contributed by atoms with van der Waals surface area (Å²) >= 11 is 1.90. The second-order valence-corrected chi connectivity index (χ2v) is 6.27. The minimum Gasteiger partial charge on any atom is -0.331 e. The molecule has 5 heteroatoms. The highest BCUT2D eigenvalue weighted by Gasteiger charge is 2.24. The molecule has 106 valence electrons. The Hall–Kier alpha value is -0.420. The summed E-state index contributed by atoms with van der Waals surface area (Å²) in [7, 11) is 3.63. The fraction of sp³-hybridized carbons (Fsp3) is 0.923. The van der Waals surface area contributed by atoms with Gasteiger partial charge in [0, 0.05) is 39.3 Å². The predicted molar refractivity (Wildman–Crippen MR) is 79.3 cm³/mol. The first kappa shape index (κ1) is 15.6. The second kappa shape index (κ2) is 7.89. The average molecular weight is 273 g/mol. The summed E-state index contributed by atoms with van der Waals surface area (Å²) in [5.41, 5.74) is 0. The van der Waals surface area contributed by atoms with E-state index in [0.717, 1.165) is 25.9 Å². The van der Waals surface area contributed by atoms with Gasteiger partial charge in [-0.15, -0.1) is 0 Å². The van der Waals surface area contributed by atoms with E-state index in [-0.39, 0.29) is 6.03 Å². The molecule has 1 atom stereocenters. The number of piperidine rings is 1. The van der Waals surface area contributed by atoms with E-state index in [1.807, 2.05) is 30.8 Å². The number of thioether (sulfide) groups is 1. The van der Waals surface area contributed by atoms with Crippen LogP contribution in [0.2, 0.25) is 0 Å². The van der Waals surface area contributed by atoms with Crippen molar-refractivity contribution in [3.8, 4) is 0 Å². The molecule has 0 aromatic heterocycles. The number of likely N-dealkylation sites (tertiary alicyclic amines) is 1. The quantitative estimate of drug-likeness (QED) is 0.830. The highest BCUT2D eigenvalue weighted by molar-refractivity contribution is 7.98. The van der Waals surface area contributed by atoms with Gasteiger partial charge in [0.05, 0.1) is 0 Å². The van der Waals surface area contributed by atoms with E-state index in [2.05, 4.69) is 18.5 Å². The maximum Gasteiger partial charge on any atom is 0.319 e. The zero-order chi connectivity index (χ0) is 13.5. The summed E-state index contributed by atoms with van der Waals surface area (Å²) in [6.07, 6.45) is 5.52. The van der Waals surface area contributed by atoms with Crippen molar-refractivity contribution in [1.82, 2.24) is 15.1 Å². The molecule has 1 N–H and O–H groups in total. The molecule has 0 radical (unpaired) electrons. The third kappa shape index (κ3) is 5.06. The van der Waals surface area contributed by atoms with Gasteiger partial charge in [-0.05, 0) is 38.2 Å². The van der Waals surface area contributed by atoms with Gasteiger partial charge in [0.25, 0.3) is 0 Å². The molecule has 1 unspecified atom stereocenters. The van der Waals surface area contributed by atoms with Crippen LogP contribution in [0.3, 0.4) is 0 Å². The molecule has 0 aromatic carbocycles. The van der Waals surface area contributed by atoms with Crippen molar-refractivity contribution in [2.75, 3.05) is 39.2 Å². The largest absolute Gasteiger partial charge is 0.331 e. The zero-order valence-corrected chi connectivity index (χ0v) is 12.9. The maximum atomic E-state index is 11.8. The molecule has 0 aliphatic carbocycles. The van der Waals surface area contributed by atoms with Gasteiger partial charge >= 0.3 is 6.03 Å². The monoisotopic (exact) mass is 273 g/mol. The summed E-state index contributed by atoms with van der Waals surface area (Å²) in [6, 6.07) is 1.30. The summed E-state index contributed by atoms with van der Waals surface area (Å²) in [6.45, 7) is 4.02. The van der Waals surface area contributed by atoms with E-state index in [1.54, 1.807) is 4.90 Å². The molecule has 1 aliphatic rings. The number of hydrogen-bond donors (Lipinski definition) is 1. The first-order chi connectivity index (χ1) is 8.54. The van der Waals surface area contributed by atoms with Crippen LogP contribution in [0.4, 0.5) is 4.79 Å². The number of nitrogens with one attached hydrogen (secondary N) is 1. The summed E-state index contributed by atoms with van der Waals surface area (Å²) in [4.78, 5) is 15.4. The number of hydrogen-bond acceptors (Lipinski definition) is 3. The first-order valence-corrected chi connectivity index (χ1v) is 8.15. The molecule has 0 aromatic rings. The standard InChI is InChI=1S/C13H27N3OS/c1-11(7-10-18-4)14-12-5-8-16(9-6-12)13(17)15(2)3/h11-12,14H,5-10H2,1-4H3. The lowest BCUT2D eigenvalue weighted by molar-refractivity contribution is 0.151. The fourth-order valence-electron chi connectivity index (χ4n) is 2.30. The van der Waals surface area contributed by atoms with E-state index in [0.29, 0.717) is 12.1 Å². The maximum absolute atomic E-state index is 11.8. The van der Waals surface area contributed by atoms with Crippen LogP contribution in [0.15, 0.2) is 0 Å². The van der Waals surface area contributed by atoms with Crippen molar-refractivity contribution in [3.05, 3.63) is 0 Å². The molecule has 18 heavy (non-hydrogen) atoms. The number of nitrogens with zero attached hydrogens (tertiary/aromatic N) is 2. The van der Waals surface area contributed by atoms with Gasteiger partial charge in [-0.2, -0.15) is 11.8 Å². The minimum absolute atomic E-state index is 0.142. The van der Waals surface area contributed by atoms with Gasteiger partial charge in [-0.25, -0.2) is 4.79 Å². The van der Waals surface area contributed by atoms with E-state index < -0.39 is 0 Å². The topological polar surface area (TPSA) is 35.6 Å². The SMILES string of the molecule is CSCCC(C)NC1CCN(C(=O)N(C)C)CC1. The van der Waals surface area contributed by atoms with Crippen LogP contribution in [-0.2, 0) is 0 Å². The Bertz CT molecular complexity index is 253. The molecule has 1 aliphatic heterocycles. The van der Waals surface area contributed by atoms with Crippen molar-refractivity contribution in [2.45, 2.75) is 38.3 Å². The molecule has 1 rings (SSSR count). The zero-order valence-electron chi connectivity index (χ0n) is 12.1. The molecule has 1 fully saturated rings. The third-order valence-electron chi connectivity index (χ3n) is 3.42. The van der Waals surface area contributed by atoms with Crippen LogP contribution in [0.1, 0.15) is 26.2 Å². The Morgan fingerprint density at radius 3 is 2.56 bits per heavy atom.